The van der Waals surface area contributed by atoms with Crippen molar-refractivity contribution in [3.63, 3.8) is 0 Å². The number of ether oxygens (including phenoxy) is 2. The van der Waals surface area contributed by atoms with Gasteiger partial charge in [0.25, 0.3) is 5.91 Å². The van der Waals surface area contributed by atoms with Crippen molar-refractivity contribution in [2.24, 2.45) is 0 Å². The fourth-order valence-corrected chi connectivity index (χ4v) is 1.49. The average molecular weight is 299 g/mol. The molecule has 0 aromatic heterocycles. The summed E-state index contributed by atoms with van der Waals surface area (Å²) < 4.78 is 22.5. The van der Waals surface area contributed by atoms with Crippen LogP contribution in [-0.2, 0) is 19.1 Å². The minimum atomic E-state index is -0.972. The van der Waals surface area contributed by atoms with Crippen LogP contribution in [0.15, 0.2) is 18.2 Å². The first kappa shape index (κ1) is 16.4. The van der Waals surface area contributed by atoms with Gasteiger partial charge in [0.2, 0.25) is 0 Å². The zero-order valence-electron chi connectivity index (χ0n) is 11.5. The molecule has 0 atom stereocenters. The second-order valence-corrected chi connectivity index (χ2v) is 3.98. The molecular weight excluding hydrogens is 285 g/mol. The summed E-state index contributed by atoms with van der Waals surface area (Å²) in [7, 11) is 2.23. The molecule has 0 unspecified atom stereocenters. The summed E-state index contributed by atoms with van der Waals surface area (Å²) in [6, 6.07) is 2.92. The number of methoxy groups -OCH3 is 2. The van der Waals surface area contributed by atoms with E-state index < -0.39 is 36.8 Å². The number of rotatable bonds is 5. The van der Waals surface area contributed by atoms with Gasteiger partial charge in [0, 0.05) is 6.07 Å². The average Bonchev–Trinajstić information content (AvgIpc) is 2.45. The Balaban J connectivity index is 3.02. The molecule has 0 saturated heterocycles. The second kappa shape index (κ2) is 7.22. The van der Waals surface area contributed by atoms with Gasteiger partial charge in [0.1, 0.15) is 24.7 Å². The molecule has 0 aliphatic heterocycles. The van der Waals surface area contributed by atoms with Crippen LogP contribution in [0.25, 0.3) is 0 Å². The zero-order chi connectivity index (χ0) is 16.0. The summed E-state index contributed by atoms with van der Waals surface area (Å²) in [4.78, 5) is 35.5. The van der Waals surface area contributed by atoms with Gasteiger partial charge in [-0.15, -0.1) is 0 Å². The summed E-state index contributed by atoms with van der Waals surface area (Å²) in [6.45, 7) is -1.07. The number of phenolic OH excluding ortho intramolecular Hbond substituents is 1. The lowest BCUT2D eigenvalue weighted by Crippen LogP contribution is -2.40. The molecule has 0 bridgehead atoms. The molecule has 1 amide bonds. The van der Waals surface area contributed by atoms with Crippen molar-refractivity contribution in [1.82, 2.24) is 4.90 Å². The van der Waals surface area contributed by atoms with Crippen molar-refractivity contribution >= 4 is 17.8 Å². The normalized spacial score (nSPS) is 9.86. The Hall–Kier alpha value is -2.64. The predicted molar refractivity (Wildman–Crippen MR) is 68.0 cm³/mol. The quantitative estimate of drug-likeness (QED) is 0.787. The number of amides is 1. The molecule has 0 aliphatic carbocycles. The van der Waals surface area contributed by atoms with Gasteiger partial charge in [-0.2, -0.15) is 0 Å². The fourth-order valence-electron chi connectivity index (χ4n) is 1.49. The maximum atomic E-state index is 13.7. The highest BCUT2D eigenvalue weighted by atomic mass is 19.1. The number of halogens is 1. The third-order valence-corrected chi connectivity index (χ3v) is 2.57. The van der Waals surface area contributed by atoms with Crippen LogP contribution in [0.5, 0.6) is 5.75 Å². The Morgan fingerprint density at radius 3 is 2.10 bits per heavy atom. The van der Waals surface area contributed by atoms with Crippen LogP contribution >= 0.6 is 0 Å². The van der Waals surface area contributed by atoms with Gasteiger partial charge >= 0.3 is 11.9 Å². The van der Waals surface area contributed by atoms with E-state index in [4.69, 9.17) is 5.11 Å². The van der Waals surface area contributed by atoms with E-state index in [0.717, 1.165) is 37.3 Å². The first-order valence-electron chi connectivity index (χ1n) is 5.80. The highest BCUT2D eigenvalue weighted by Gasteiger charge is 2.24. The summed E-state index contributed by atoms with van der Waals surface area (Å²) in [5, 5.41) is 9.11. The van der Waals surface area contributed by atoms with E-state index in [0.29, 0.717) is 0 Å². The molecule has 1 aromatic carbocycles. The first-order valence-corrected chi connectivity index (χ1v) is 5.80. The van der Waals surface area contributed by atoms with Crippen molar-refractivity contribution in [2.75, 3.05) is 27.3 Å². The number of carbonyl (C=O) groups is 3. The molecule has 0 radical (unpaired) electrons. The number of aromatic hydroxyl groups is 1. The molecule has 21 heavy (non-hydrogen) atoms. The van der Waals surface area contributed by atoms with Gasteiger partial charge in [0.05, 0.1) is 19.8 Å². The standard InChI is InChI=1S/C13H14FNO6/c1-20-11(17)6-15(7-12(18)21-2)13(19)9-4-3-8(16)5-10(9)14/h3-5,16H,6-7H2,1-2H3. The summed E-state index contributed by atoms with van der Waals surface area (Å²) in [5.74, 6) is -3.77. The van der Waals surface area contributed by atoms with Crippen molar-refractivity contribution < 1.29 is 33.4 Å². The van der Waals surface area contributed by atoms with Crippen molar-refractivity contribution in [3.05, 3.63) is 29.6 Å². The maximum absolute atomic E-state index is 13.7. The minimum Gasteiger partial charge on any atom is -0.508 e. The maximum Gasteiger partial charge on any atom is 0.325 e. The Kier molecular flexibility index (Phi) is 5.65. The number of esters is 2. The monoisotopic (exact) mass is 299 g/mol. The van der Waals surface area contributed by atoms with E-state index in [2.05, 4.69) is 9.47 Å². The van der Waals surface area contributed by atoms with Crippen LogP contribution in [0, 0.1) is 5.82 Å². The molecule has 8 heteroatoms. The SMILES string of the molecule is COC(=O)CN(CC(=O)OC)C(=O)c1ccc(O)cc1F. The van der Waals surface area contributed by atoms with Crippen LogP contribution in [0.2, 0.25) is 0 Å². The Morgan fingerprint density at radius 1 is 1.14 bits per heavy atom. The second-order valence-electron chi connectivity index (χ2n) is 3.98. The lowest BCUT2D eigenvalue weighted by Gasteiger charge is -2.20. The van der Waals surface area contributed by atoms with Crippen LogP contribution in [0.4, 0.5) is 4.39 Å². The van der Waals surface area contributed by atoms with E-state index >= 15 is 0 Å². The van der Waals surface area contributed by atoms with Crippen LogP contribution in [0.3, 0.4) is 0 Å². The van der Waals surface area contributed by atoms with Gasteiger partial charge < -0.3 is 19.5 Å². The topological polar surface area (TPSA) is 93.1 Å². The molecule has 0 heterocycles. The van der Waals surface area contributed by atoms with E-state index in [1.54, 1.807) is 0 Å². The fraction of sp³-hybridized carbons (Fsp3) is 0.308. The molecule has 0 saturated carbocycles. The molecule has 1 rings (SSSR count). The molecule has 7 nitrogen and oxygen atoms in total. The number of hydrogen-bond acceptors (Lipinski definition) is 6. The Labute approximate surface area is 119 Å². The van der Waals surface area contributed by atoms with Crippen LogP contribution in [0.1, 0.15) is 10.4 Å². The highest BCUT2D eigenvalue weighted by Crippen LogP contribution is 2.16. The molecule has 1 aromatic rings. The van der Waals surface area contributed by atoms with Crippen LogP contribution in [-0.4, -0.2) is 55.2 Å². The smallest absolute Gasteiger partial charge is 0.325 e. The van der Waals surface area contributed by atoms with Gasteiger partial charge in [-0.05, 0) is 12.1 Å². The Bertz CT molecular complexity index is 542. The first-order chi connectivity index (χ1) is 9.88. The molecule has 1 N–H and O–H groups in total. The molecule has 114 valence electrons. The van der Waals surface area contributed by atoms with Crippen molar-refractivity contribution in [2.45, 2.75) is 0 Å². The number of benzene rings is 1. The highest BCUT2D eigenvalue weighted by molar-refractivity contribution is 5.98. The Morgan fingerprint density at radius 2 is 1.67 bits per heavy atom. The lowest BCUT2D eigenvalue weighted by atomic mass is 10.1. The number of nitrogens with zero attached hydrogens (tertiary/aromatic N) is 1. The molecule has 0 fully saturated rings. The summed E-state index contributed by atoms with van der Waals surface area (Å²) >= 11 is 0. The van der Waals surface area contributed by atoms with E-state index in [9.17, 15) is 18.8 Å². The number of carbonyl (C=O) groups excluding carboxylic acids is 3. The zero-order valence-corrected chi connectivity index (χ0v) is 11.5. The van der Waals surface area contributed by atoms with Gasteiger partial charge in [-0.3, -0.25) is 14.4 Å². The van der Waals surface area contributed by atoms with E-state index in [1.807, 2.05) is 0 Å². The van der Waals surface area contributed by atoms with Crippen molar-refractivity contribution in [1.29, 1.82) is 0 Å². The predicted octanol–water partition coefficient (Wildman–Crippen LogP) is 0.319. The molecule has 0 aliphatic rings. The van der Waals surface area contributed by atoms with Crippen molar-refractivity contribution in [3.8, 4) is 5.75 Å². The van der Waals surface area contributed by atoms with E-state index in [1.165, 1.54) is 0 Å². The van der Waals surface area contributed by atoms with E-state index in [-0.39, 0.29) is 11.3 Å². The number of hydrogen-bond donors (Lipinski definition) is 1. The number of phenols is 1. The van der Waals surface area contributed by atoms with Crippen LogP contribution < -0.4 is 0 Å². The molecular formula is C13H14FNO6. The van der Waals surface area contributed by atoms with Gasteiger partial charge in [-0.1, -0.05) is 0 Å². The minimum absolute atomic E-state index is 0.350. The van der Waals surface area contributed by atoms with Gasteiger partial charge in [0.15, 0.2) is 0 Å². The molecule has 0 spiro atoms. The summed E-state index contributed by atoms with van der Waals surface area (Å²) in [6.07, 6.45) is 0. The summed E-state index contributed by atoms with van der Waals surface area (Å²) in [5.41, 5.74) is -0.388. The third-order valence-electron chi connectivity index (χ3n) is 2.57. The third kappa shape index (κ3) is 4.44. The van der Waals surface area contributed by atoms with Gasteiger partial charge in [-0.25, -0.2) is 4.39 Å². The lowest BCUT2D eigenvalue weighted by molar-refractivity contribution is -0.144. The largest absolute Gasteiger partial charge is 0.508 e.